The Bertz CT molecular complexity index is 584. The molecule has 2 aromatic carbocycles. The first-order valence-electron chi connectivity index (χ1n) is 6.79. The molecule has 3 nitrogen and oxygen atoms in total. The van der Waals surface area contributed by atoms with Crippen LogP contribution in [0.15, 0.2) is 42.5 Å². The van der Waals surface area contributed by atoms with Crippen molar-refractivity contribution in [3.8, 4) is 11.5 Å². The van der Waals surface area contributed by atoms with Gasteiger partial charge in [0.2, 0.25) is 0 Å². The molecule has 0 amide bonds. The molecule has 0 aliphatic rings. The molecule has 1 unspecified atom stereocenters. The Morgan fingerprint density at radius 3 is 2.38 bits per heavy atom. The molecule has 0 aromatic heterocycles. The van der Waals surface area contributed by atoms with Gasteiger partial charge in [0.15, 0.2) is 11.5 Å². The fourth-order valence-corrected chi connectivity index (χ4v) is 2.62. The van der Waals surface area contributed by atoms with Crippen LogP contribution in [0.3, 0.4) is 0 Å². The maximum Gasteiger partial charge on any atom is 0.179 e. The van der Waals surface area contributed by atoms with Gasteiger partial charge in [-0.3, -0.25) is 0 Å². The second kappa shape index (κ2) is 7.34. The molecule has 0 radical (unpaired) electrons. The monoisotopic (exact) mass is 306 g/mol. The third kappa shape index (κ3) is 3.69. The van der Waals surface area contributed by atoms with Gasteiger partial charge < -0.3 is 14.6 Å². The van der Waals surface area contributed by atoms with Crippen LogP contribution in [0.4, 0.5) is 0 Å². The van der Waals surface area contributed by atoms with Crippen LogP contribution in [0.5, 0.6) is 11.5 Å². The lowest BCUT2D eigenvalue weighted by Crippen LogP contribution is -2.02. The van der Waals surface area contributed by atoms with Crippen molar-refractivity contribution in [2.45, 2.75) is 18.9 Å². The van der Waals surface area contributed by atoms with Crippen LogP contribution in [-0.2, 0) is 6.42 Å². The van der Waals surface area contributed by atoms with E-state index >= 15 is 0 Å². The number of hydrogen-bond donors (Lipinski definition) is 1. The van der Waals surface area contributed by atoms with E-state index in [1.807, 2.05) is 30.3 Å². The lowest BCUT2D eigenvalue weighted by Gasteiger charge is -2.16. The predicted molar refractivity (Wildman–Crippen MR) is 84.3 cm³/mol. The van der Waals surface area contributed by atoms with Crippen molar-refractivity contribution in [1.82, 2.24) is 0 Å². The van der Waals surface area contributed by atoms with Gasteiger partial charge in [-0.15, -0.1) is 0 Å². The number of aryl methyl sites for hydroxylation is 1. The van der Waals surface area contributed by atoms with Crippen LogP contribution in [0.1, 0.15) is 23.7 Å². The molecule has 112 valence electrons. The summed E-state index contributed by atoms with van der Waals surface area (Å²) in [5.74, 6) is 1.01. The molecule has 0 spiro atoms. The summed E-state index contributed by atoms with van der Waals surface area (Å²) in [7, 11) is 3.09. The van der Waals surface area contributed by atoms with Crippen molar-refractivity contribution in [3.63, 3.8) is 0 Å². The SMILES string of the molecule is COc1ccc(C(O)CCc2ccccc2)c(Cl)c1OC. The van der Waals surface area contributed by atoms with Crippen LogP contribution < -0.4 is 9.47 Å². The first kappa shape index (κ1) is 15.7. The normalized spacial score (nSPS) is 12.0. The number of rotatable bonds is 6. The van der Waals surface area contributed by atoms with Gasteiger partial charge in [0.1, 0.15) is 0 Å². The summed E-state index contributed by atoms with van der Waals surface area (Å²) >= 11 is 6.30. The summed E-state index contributed by atoms with van der Waals surface area (Å²) in [6.07, 6.45) is 0.740. The minimum absolute atomic E-state index is 0.400. The number of halogens is 1. The Morgan fingerprint density at radius 1 is 1.05 bits per heavy atom. The van der Waals surface area contributed by atoms with E-state index < -0.39 is 6.10 Å². The zero-order valence-corrected chi connectivity index (χ0v) is 12.9. The fraction of sp³-hybridized carbons (Fsp3) is 0.294. The number of benzene rings is 2. The zero-order valence-electron chi connectivity index (χ0n) is 12.2. The predicted octanol–water partition coefficient (Wildman–Crippen LogP) is 4.02. The van der Waals surface area contributed by atoms with Gasteiger partial charge in [0, 0.05) is 5.56 Å². The molecule has 0 heterocycles. The Kier molecular flexibility index (Phi) is 5.48. The molecule has 0 saturated heterocycles. The molecular weight excluding hydrogens is 288 g/mol. The second-order valence-corrected chi connectivity index (χ2v) is 5.12. The summed E-state index contributed by atoms with van der Waals surface area (Å²) in [5, 5.41) is 10.8. The maximum atomic E-state index is 10.4. The van der Waals surface area contributed by atoms with Crippen LogP contribution in [0.25, 0.3) is 0 Å². The molecule has 0 aliphatic heterocycles. The van der Waals surface area contributed by atoms with Crippen LogP contribution >= 0.6 is 11.6 Å². The second-order valence-electron chi connectivity index (χ2n) is 4.74. The summed E-state index contributed by atoms with van der Waals surface area (Å²) in [6, 6.07) is 13.6. The lowest BCUT2D eigenvalue weighted by atomic mass is 10.0. The van der Waals surface area contributed by atoms with E-state index in [1.54, 1.807) is 19.2 Å². The summed E-state index contributed by atoms with van der Waals surface area (Å²) in [6.45, 7) is 0. The van der Waals surface area contributed by atoms with E-state index in [9.17, 15) is 5.11 Å². The highest BCUT2D eigenvalue weighted by Gasteiger charge is 2.18. The van der Waals surface area contributed by atoms with Crippen LogP contribution in [-0.4, -0.2) is 19.3 Å². The molecule has 21 heavy (non-hydrogen) atoms. The number of hydrogen-bond acceptors (Lipinski definition) is 3. The standard InChI is InChI=1S/C17H19ClO3/c1-20-15-11-9-13(16(18)17(15)21-2)14(19)10-8-12-6-4-3-5-7-12/h3-7,9,11,14,19H,8,10H2,1-2H3. The zero-order chi connectivity index (χ0) is 15.2. The Balaban J connectivity index is 2.14. The minimum atomic E-state index is -0.641. The largest absolute Gasteiger partial charge is 0.493 e. The van der Waals surface area contributed by atoms with Crippen molar-refractivity contribution in [2.75, 3.05) is 14.2 Å². The molecule has 0 fully saturated rings. The molecule has 2 rings (SSSR count). The van der Waals surface area contributed by atoms with Crippen LogP contribution in [0.2, 0.25) is 5.02 Å². The van der Waals surface area contributed by atoms with Crippen LogP contribution in [0, 0.1) is 0 Å². The average molecular weight is 307 g/mol. The van der Waals surface area contributed by atoms with Crippen molar-refractivity contribution in [2.24, 2.45) is 0 Å². The smallest absolute Gasteiger partial charge is 0.179 e. The first-order valence-corrected chi connectivity index (χ1v) is 7.17. The number of ether oxygens (including phenoxy) is 2. The molecule has 1 N–H and O–H groups in total. The number of aliphatic hydroxyl groups is 1. The average Bonchev–Trinajstić information content (AvgIpc) is 2.53. The van der Waals surface area contributed by atoms with Gasteiger partial charge in [0.05, 0.1) is 25.3 Å². The lowest BCUT2D eigenvalue weighted by molar-refractivity contribution is 0.167. The third-order valence-corrected chi connectivity index (χ3v) is 3.81. The third-order valence-electron chi connectivity index (χ3n) is 3.42. The Labute approximate surface area is 130 Å². The van der Waals surface area contributed by atoms with Crippen molar-refractivity contribution >= 4 is 11.6 Å². The van der Waals surface area contributed by atoms with Gasteiger partial charge in [0.25, 0.3) is 0 Å². The van der Waals surface area contributed by atoms with E-state index in [2.05, 4.69) is 0 Å². The molecule has 2 aromatic rings. The summed E-state index contributed by atoms with van der Waals surface area (Å²) < 4.78 is 10.4. The topological polar surface area (TPSA) is 38.7 Å². The van der Waals surface area contributed by atoms with E-state index in [1.165, 1.54) is 12.7 Å². The Hall–Kier alpha value is -1.71. The highest BCUT2D eigenvalue weighted by Crippen LogP contribution is 2.40. The maximum absolute atomic E-state index is 10.4. The van der Waals surface area contributed by atoms with Gasteiger partial charge in [-0.2, -0.15) is 0 Å². The summed E-state index contributed by atoms with van der Waals surface area (Å²) in [4.78, 5) is 0. The van der Waals surface area contributed by atoms with E-state index in [-0.39, 0.29) is 0 Å². The van der Waals surface area contributed by atoms with Crippen molar-refractivity contribution in [3.05, 3.63) is 58.6 Å². The van der Waals surface area contributed by atoms with Crippen molar-refractivity contribution in [1.29, 1.82) is 0 Å². The highest BCUT2D eigenvalue weighted by atomic mass is 35.5. The number of methoxy groups -OCH3 is 2. The summed E-state index contributed by atoms with van der Waals surface area (Å²) in [5.41, 5.74) is 1.85. The molecule has 4 heteroatoms. The minimum Gasteiger partial charge on any atom is -0.493 e. The van der Waals surface area contributed by atoms with Crippen molar-refractivity contribution < 1.29 is 14.6 Å². The number of aliphatic hydroxyl groups excluding tert-OH is 1. The van der Waals surface area contributed by atoms with E-state index in [0.29, 0.717) is 28.5 Å². The molecular formula is C17H19ClO3. The van der Waals surface area contributed by atoms with Gasteiger partial charge in [-0.25, -0.2) is 0 Å². The molecule has 0 aliphatic carbocycles. The first-order chi connectivity index (χ1) is 10.2. The fourth-order valence-electron chi connectivity index (χ4n) is 2.27. The van der Waals surface area contributed by atoms with Gasteiger partial charge in [-0.05, 0) is 24.5 Å². The quantitative estimate of drug-likeness (QED) is 0.876. The van der Waals surface area contributed by atoms with E-state index in [0.717, 1.165) is 6.42 Å². The van der Waals surface area contributed by atoms with E-state index in [4.69, 9.17) is 21.1 Å². The van der Waals surface area contributed by atoms with Gasteiger partial charge in [-0.1, -0.05) is 48.0 Å². The van der Waals surface area contributed by atoms with Gasteiger partial charge >= 0.3 is 0 Å². The highest BCUT2D eigenvalue weighted by molar-refractivity contribution is 6.33. The molecule has 0 saturated carbocycles. The molecule has 1 atom stereocenters. The Morgan fingerprint density at radius 2 is 1.76 bits per heavy atom. The molecule has 0 bridgehead atoms.